The molecule has 4 aliphatic rings. The predicted molar refractivity (Wildman–Crippen MR) is 153 cm³/mol. The Labute approximate surface area is 216 Å². The first-order valence-electron chi connectivity index (χ1n) is 15.9. The maximum atomic E-state index is 6.08. The van der Waals surface area contributed by atoms with Crippen LogP contribution in [0.3, 0.4) is 0 Å². The lowest BCUT2D eigenvalue weighted by Gasteiger charge is -2.61. The Morgan fingerprint density at radius 1 is 0.794 bits per heavy atom. The normalized spacial score (nSPS) is 41.7. The summed E-state index contributed by atoms with van der Waals surface area (Å²) in [6.07, 6.45) is 19.1. The van der Waals surface area contributed by atoms with Crippen LogP contribution in [0.5, 0.6) is 0 Å². The van der Waals surface area contributed by atoms with Crippen molar-refractivity contribution >= 4 is 0 Å². The second-order valence-electron chi connectivity index (χ2n) is 13.8. The number of hydrogen-bond acceptors (Lipinski definition) is 1. The minimum atomic E-state index is 0.636. The van der Waals surface area contributed by atoms with Crippen LogP contribution in [0.2, 0.25) is 0 Å². The monoisotopic (exact) mass is 476 g/mol. The van der Waals surface area contributed by atoms with E-state index in [0.717, 1.165) is 53.9 Å². The predicted octanol–water partition coefficient (Wildman–Crippen LogP) is 10.1. The molecule has 0 saturated heterocycles. The highest BCUT2D eigenvalue weighted by Gasteiger charge is 2.60. The van der Waals surface area contributed by atoms with E-state index in [-0.39, 0.29) is 0 Å². The van der Waals surface area contributed by atoms with E-state index in [0.29, 0.717) is 10.8 Å². The summed E-state index contributed by atoms with van der Waals surface area (Å²) >= 11 is 0. The van der Waals surface area contributed by atoms with Gasteiger partial charge in [0.15, 0.2) is 0 Å². The summed E-state index contributed by atoms with van der Waals surface area (Å²) < 4.78 is 0. The molecule has 4 aliphatic carbocycles. The Morgan fingerprint density at radius 3 is 2.03 bits per heavy atom. The van der Waals surface area contributed by atoms with Gasteiger partial charge >= 0.3 is 0 Å². The lowest BCUT2D eigenvalue weighted by molar-refractivity contribution is -0.120. The van der Waals surface area contributed by atoms with E-state index in [1.165, 1.54) is 77.0 Å². The molecule has 4 fully saturated rings. The molecule has 0 aliphatic heterocycles. The number of hydrogen-bond donors (Lipinski definition) is 1. The van der Waals surface area contributed by atoms with Gasteiger partial charge in [0.25, 0.3) is 0 Å². The van der Waals surface area contributed by atoms with Gasteiger partial charge in [-0.3, -0.25) is 0 Å². The molecule has 4 rings (SSSR count). The molecular formula is C33H65N. The van der Waals surface area contributed by atoms with Crippen molar-refractivity contribution in [2.75, 3.05) is 6.54 Å². The van der Waals surface area contributed by atoms with Crippen molar-refractivity contribution in [1.82, 2.24) is 0 Å². The number of nitrogens with two attached hydrogens (primary N) is 1. The highest BCUT2D eigenvalue weighted by atomic mass is 14.7. The molecule has 0 aromatic heterocycles. The Kier molecular flexibility index (Phi) is 12.0. The summed E-state index contributed by atoms with van der Waals surface area (Å²) in [7, 11) is 0. The van der Waals surface area contributed by atoms with E-state index in [4.69, 9.17) is 5.73 Å². The Hall–Kier alpha value is -0.0400. The van der Waals surface area contributed by atoms with Crippen molar-refractivity contribution in [3.05, 3.63) is 0 Å². The Morgan fingerprint density at radius 2 is 1.41 bits per heavy atom. The summed E-state index contributed by atoms with van der Waals surface area (Å²) in [4.78, 5) is 0. The largest absolute Gasteiger partial charge is 0.330 e. The van der Waals surface area contributed by atoms with Crippen molar-refractivity contribution in [2.45, 2.75) is 146 Å². The first-order chi connectivity index (χ1) is 16.2. The van der Waals surface area contributed by atoms with Crippen molar-refractivity contribution in [3.8, 4) is 0 Å². The molecule has 4 saturated carbocycles. The van der Waals surface area contributed by atoms with E-state index in [1.807, 2.05) is 13.8 Å². The van der Waals surface area contributed by atoms with Gasteiger partial charge in [0.05, 0.1) is 0 Å². The quantitative estimate of drug-likeness (QED) is 0.406. The molecule has 1 nitrogen and oxygen atoms in total. The van der Waals surface area contributed by atoms with Gasteiger partial charge in [-0.2, -0.15) is 0 Å². The highest BCUT2D eigenvalue weighted by molar-refractivity contribution is 5.09. The molecule has 0 bridgehead atoms. The van der Waals surface area contributed by atoms with Gasteiger partial charge in [0, 0.05) is 0 Å². The molecule has 9 atom stereocenters. The number of rotatable bonds is 6. The van der Waals surface area contributed by atoms with Gasteiger partial charge in [-0.1, -0.05) is 88.0 Å². The van der Waals surface area contributed by atoms with E-state index >= 15 is 0 Å². The molecule has 1 heteroatoms. The molecule has 0 aromatic rings. The fraction of sp³-hybridized carbons (Fsp3) is 1.00. The van der Waals surface area contributed by atoms with E-state index in [1.54, 1.807) is 6.42 Å². The lowest BCUT2D eigenvalue weighted by atomic mass is 9.44. The molecule has 0 radical (unpaired) electrons. The second-order valence-corrected chi connectivity index (χ2v) is 13.8. The zero-order chi connectivity index (χ0) is 25.5. The van der Waals surface area contributed by atoms with Gasteiger partial charge in [0.2, 0.25) is 0 Å². The zero-order valence-corrected chi connectivity index (χ0v) is 25.1. The molecule has 0 spiro atoms. The van der Waals surface area contributed by atoms with Crippen molar-refractivity contribution in [2.24, 2.45) is 63.9 Å². The molecule has 0 amide bonds. The lowest BCUT2D eigenvalue weighted by Crippen LogP contribution is -2.54. The van der Waals surface area contributed by atoms with Gasteiger partial charge in [-0.25, -0.2) is 0 Å². The number of fused-ring (bicyclic) bond motifs is 5. The van der Waals surface area contributed by atoms with Crippen molar-refractivity contribution < 1.29 is 0 Å². The third kappa shape index (κ3) is 6.26. The maximum Gasteiger partial charge on any atom is -0.00488 e. The fourth-order valence-electron chi connectivity index (χ4n) is 9.59. The van der Waals surface area contributed by atoms with Gasteiger partial charge in [0.1, 0.15) is 0 Å². The standard InChI is InChI=1S/C28H51N.C3H8.C2H6/c1-19(2)7-6-8-20(3)24-11-12-25-23-10-9-22-17-21(18-29)13-15-27(22,4)26(23)14-16-28(24,25)5;1-3-2;1-2/h19-26H,6-18,29H2,1-5H3;3H2,1-2H3;1-2H3/t20-,21?,22?,23?,24?,25?,26?,27?,28?;;/m1../s1. The molecule has 0 aromatic carbocycles. The average Bonchev–Trinajstić information content (AvgIpc) is 3.17. The zero-order valence-electron chi connectivity index (χ0n) is 25.1. The van der Waals surface area contributed by atoms with Gasteiger partial charge in [-0.05, 0) is 123 Å². The highest BCUT2D eigenvalue weighted by Crippen LogP contribution is 2.68. The summed E-state index contributed by atoms with van der Waals surface area (Å²) in [6, 6.07) is 0. The maximum absolute atomic E-state index is 6.08. The third-order valence-electron chi connectivity index (χ3n) is 11.3. The molecule has 0 heterocycles. The van der Waals surface area contributed by atoms with E-state index < -0.39 is 0 Å². The second kappa shape index (κ2) is 13.5. The fourth-order valence-corrected chi connectivity index (χ4v) is 9.59. The van der Waals surface area contributed by atoms with Gasteiger partial charge in [-0.15, -0.1) is 0 Å². The summed E-state index contributed by atoms with van der Waals surface area (Å²) in [5.74, 6) is 7.69. The van der Waals surface area contributed by atoms with Crippen LogP contribution < -0.4 is 5.73 Å². The van der Waals surface area contributed by atoms with Crippen LogP contribution in [-0.4, -0.2) is 6.54 Å². The average molecular weight is 476 g/mol. The van der Waals surface area contributed by atoms with Crippen LogP contribution in [0.4, 0.5) is 0 Å². The molecule has 202 valence electrons. The van der Waals surface area contributed by atoms with Crippen LogP contribution in [0.1, 0.15) is 146 Å². The first-order valence-corrected chi connectivity index (χ1v) is 15.9. The smallest absolute Gasteiger partial charge is 0.00488 e. The van der Waals surface area contributed by atoms with Gasteiger partial charge < -0.3 is 5.73 Å². The SMILES string of the molecule is CC.CC(C)CCC[C@@H](C)C1CCC2C3CCC4CC(CN)CCC4(C)C3CCC21C.CCC. The molecule has 34 heavy (non-hydrogen) atoms. The minimum Gasteiger partial charge on any atom is -0.330 e. The molecule has 8 unspecified atom stereocenters. The van der Waals surface area contributed by atoms with Crippen molar-refractivity contribution in [1.29, 1.82) is 0 Å². The molecule has 2 N–H and O–H groups in total. The summed E-state index contributed by atoms with van der Waals surface area (Å²) in [5.41, 5.74) is 7.37. The Balaban J connectivity index is 0.000000758. The topological polar surface area (TPSA) is 26.0 Å². The molecular weight excluding hydrogens is 410 g/mol. The Bertz CT molecular complexity index is 569. The summed E-state index contributed by atoms with van der Waals surface area (Å²) in [6.45, 7) is 22.0. The third-order valence-corrected chi connectivity index (χ3v) is 11.3. The van der Waals surface area contributed by atoms with Crippen molar-refractivity contribution in [3.63, 3.8) is 0 Å². The summed E-state index contributed by atoms with van der Waals surface area (Å²) in [5, 5.41) is 0. The van der Waals surface area contributed by atoms with Crippen LogP contribution in [0, 0.1) is 58.2 Å². The van der Waals surface area contributed by atoms with Crippen LogP contribution in [-0.2, 0) is 0 Å². The van der Waals surface area contributed by atoms with Crippen LogP contribution >= 0.6 is 0 Å². The van der Waals surface area contributed by atoms with E-state index in [9.17, 15) is 0 Å². The minimum absolute atomic E-state index is 0.636. The van der Waals surface area contributed by atoms with E-state index in [2.05, 4.69) is 48.5 Å². The first kappa shape index (κ1) is 30.2. The van der Waals surface area contributed by atoms with Crippen LogP contribution in [0.15, 0.2) is 0 Å². The van der Waals surface area contributed by atoms with Crippen LogP contribution in [0.25, 0.3) is 0 Å².